The Morgan fingerprint density at radius 3 is 2.79 bits per heavy atom. The third-order valence-corrected chi connectivity index (χ3v) is 4.14. The minimum atomic E-state index is -0.753. The molecule has 0 saturated carbocycles. The molecule has 2 aromatic carbocycles. The van der Waals surface area contributed by atoms with Gasteiger partial charge in [0.15, 0.2) is 0 Å². The molecule has 2 amide bonds. The summed E-state index contributed by atoms with van der Waals surface area (Å²) in [6.45, 7) is 2.08. The lowest BCUT2D eigenvalue weighted by Gasteiger charge is -2.14. The van der Waals surface area contributed by atoms with Crippen LogP contribution < -0.4 is 10.6 Å². The van der Waals surface area contributed by atoms with Crippen molar-refractivity contribution < 1.29 is 9.90 Å². The number of nitrogens with zero attached hydrogens (tertiary/aromatic N) is 1. The fourth-order valence-electron chi connectivity index (χ4n) is 2.69. The van der Waals surface area contributed by atoms with Gasteiger partial charge in [-0.2, -0.15) is 0 Å². The number of nitrogens with one attached hydrogen (secondary N) is 2. The molecule has 124 valence electrons. The predicted octanol–water partition coefficient (Wildman–Crippen LogP) is 3.34. The molecule has 0 fully saturated rings. The lowest BCUT2D eigenvalue weighted by atomic mass is 10.1. The molecule has 24 heavy (non-hydrogen) atoms. The van der Waals surface area contributed by atoms with Crippen LogP contribution in [0.2, 0.25) is 0 Å². The van der Waals surface area contributed by atoms with Crippen molar-refractivity contribution in [3.63, 3.8) is 0 Å². The largest absolute Gasteiger partial charge is 0.387 e. The van der Waals surface area contributed by atoms with Gasteiger partial charge in [-0.15, -0.1) is 0 Å². The lowest BCUT2D eigenvalue weighted by Crippen LogP contribution is -2.32. The third kappa shape index (κ3) is 3.41. The number of hydrogen-bond acceptors (Lipinski definition) is 2. The van der Waals surface area contributed by atoms with Crippen LogP contribution in [0.25, 0.3) is 10.9 Å². The molecule has 1 heterocycles. The summed E-state index contributed by atoms with van der Waals surface area (Å²) in [6.07, 6.45) is 1.23. The van der Waals surface area contributed by atoms with Gasteiger partial charge in [-0.05, 0) is 47.7 Å². The summed E-state index contributed by atoms with van der Waals surface area (Å²) in [7, 11) is 1.98. The number of rotatable bonds is 4. The molecule has 0 saturated heterocycles. The fourth-order valence-corrected chi connectivity index (χ4v) is 2.69. The molecule has 0 bridgehead atoms. The summed E-state index contributed by atoms with van der Waals surface area (Å²) in [6, 6.07) is 15.0. The van der Waals surface area contributed by atoms with Gasteiger partial charge >= 0.3 is 6.03 Å². The molecular formula is C19H21N3O2. The summed E-state index contributed by atoms with van der Waals surface area (Å²) in [5.74, 6) is 0. The number of amides is 2. The number of benzene rings is 2. The molecule has 5 heteroatoms. The molecule has 1 aromatic heterocycles. The highest BCUT2D eigenvalue weighted by atomic mass is 16.3. The second kappa shape index (κ2) is 6.76. The number of carbonyl (C=O) groups excluding carboxylic acids is 1. The van der Waals surface area contributed by atoms with E-state index in [0.717, 1.165) is 27.7 Å². The molecule has 0 unspecified atom stereocenters. The molecule has 1 atom stereocenters. The highest BCUT2D eigenvalue weighted by molar-refractivity contribution is 5.90. The molecule has 5 nitrogen and oxygen atoms in total. The number of aryl methyl sites for hydroxylation is 2. The van der Waals surface area contributed by atoms with Crippen LogP contribution in [0.15, 0.2) is 54.7 Å². The monoisotopic (exact) mass is 323 g/mol. The molecule has 0 aliphatic rings. The molecule has 0 spiro atoms. The van der Waals surface area contributed by atoms with E-state index in [1.165, 1.54) is 0 Å². The SMILES string of the molecule is Cc1ccccc1NC(=O)NC[C@@H](O)c1ccc2c(ccn2C)c1. The van der Waals surface area contributed by atoms with Gasteiger partial charge in [-0.25, -0.2) is 4.79 Å². The van der Waals surface area contributed by atoms with E-state index in [9.17, 15) is 9.90 Å². The van der Waals surface area contributed by atoms with Crippen molar-refractivity contribution in [2.24, 2.45) is 7.05 Å². The number of carbonyl (C=O) groups is 1. The number of aromatic nitrogens is 1. The van der Waals surface area contributed by atoms with Crippen molar-refractivity contribution in [3.8, 4) is 0 Å². The van der Waals surface area contributed by atoms with Crippen molar-refractivity contribution in [2.75, 3.05) is 11.9 Å². The van der Waals surface area contributed by atoms with Crippen LogP contribution in [0.5, 0.6) is 0 Å². The first kappa shape index (κ1) is 16.1. The molecule has 3 rings (SSSR count). The average Bonchev–Trinajstić information content (AvgIpc) is 2.95. The Labute approximate surface area is 140 Å². The highest BCUT2D eigenvalue weighted by Gasteiger charge is 2.11. The van der Waals surface area contributed by atoms with Crippen LogP contribution >= 0.6 is 0 Å². The summed E-state index contributed by atoms with van der Waals surface area (Å²) in [5.41, 5.74) is 3.64. The number of anilines is 1. The Balaban J connectivity index is 1.60. The Morgan fingerprint density at radius 1 is 1.21 bits per heavy atom. The number of aliphatic hydroxyl groups is 1. The zero-order valence-corrected chi connectivity index (χ0v) is 13.8. The van der Waals surface area contributed by atoms with Crippen molar-refractivity contribution in [1.82, 2.24) is 9.88 Å². The zero-order valence-electron chi connectivity index (χ0n) is 13.8. The topological polar surface area (TPSA) is 66.3 Å². The molecule has 0 aliphatic heterocycles. The van der Waals surface area contributed by atoms with Crippen LogP contribution in [0, 0.1) is 6.92 Å². The average molecular weight is 323 g/mol. The van der Waals surface area contributed by atoms with E-state index >= 15 is 0 Å². The van der Waals surface area contributed by atoms with E-state index in [1.807, 2.05) is 73.3 Å². The normalized spacial score (nSPS) is 12.1. The summed E-state index contributed by atoms with van der Waals surface area (Å²) >= 11 is 0. The standard InChI is InChI=1S/C19H21N3O2/c1-13-5-3-4-6-16(13)21-19(24)20-12-18(23)15-7-8-17-14(11-15)9-10-22(17)2/h3-11,18,23H,12H2,1-2H3,(H2,20,21,24)/t18-/m1/s1. The van der Waals surface area contributed by atoms with Gasteiger partial charge in [0.05, 0.1) is 6.10 Å². The number of hydrogen-bond donors (Lipinski definition) is 3. The van der Waals surface area contributed by atoms with E-state index in [-0.39, 0.29) is 12.6 Å². The Kier molecular flexibility index (Phi) is 4.53. The minimum Gasteiger partial charge on any atom is -0.387 e. The second-order valence-electron chi connectivity index (χ2n) is 5.91. The van der Waals surface area contributed by atoms with E-state index in [4.69, 9.17) is 0 Å². The predicted molar refractivity (Wildman–Crippen MR) is 96.1 cm³/mol. The first-order chi connectivity index (χ1) is 11.5. The van der Waals surface area contributed by atoms with Gasteiger partial charge in [0.2, 0.25) is 0 Å². The minimum absolute atomic E-state index is 0.149. The van der Waals surface area contributed by atoms with E-state index in [2.05, 4.69) is 10.6 Å². The second-order valence-corrected chi connectivity index (χ2v) is 5.91. The Bertz CT molecular complexity index is 870. The van der Waals surface area contributed by atoms with Gasteiger partial charge in [-0.1, -0.05) is 24.3 Å². The van der Waals surface area contributed by atoms with Crippen LogP contribution in [0.1, 0.15) is 17.2 Å². The molecule has 0 aliphatic carbocycles. The number of fused-ring (bicyclic) bond motifs is 1. The van der Waals surface area contributed by atoms with Gasteiger partial charge < -0.3 is 20.3 Å². The van der Waals surface area contributed by atoms with Crippen LogP contribution in [-0.4, -0.2) is 22.2 Å². The van der Waals surface area contributed by atoms with Gasteiger partial charge in [0.1, 0.15) is 0 Å². The third-order valence-electron chi connectivity index (χ3n) is 4.14. The van der Waals surface area contributed by atoms with Crippen molar-refractivity contribution in [2.45, 2.75) is 13.0 Å². The van der Waals surface area contributed by atoms with E-state index in [0.29, 0.717) is 0 Å². The first-order valence-corrected chi connectivity index (χ1v) is 7.88. The van der Waals surface area contributed by atoms with Crippen molar-refractivity contribution in [3.05, 3.63) is 65.9 Å². The highest BCUT2D eigenvalue weighted by Crippen LogP contribution is 2.21. The maximum atomic E-state index is 12.0. The Morgan fingerprint density at radius 2 is 2.00 bits per heavy atom. The Hall–Kier alpha value is -2.79. The molecule has 3 N–H and O–H groups in total. The smallest absolute Gasteiger partial charge is 0.319 e. The fraction of sp³-hybridized carbons (Fsp3) is 0.211. The lowest BCUT2D eigenvalue weighted by molar-refractivity contribution is 0.175. The molecular weight excluding hydrogens is 302 g/mol. The number of para-hydroxylation sites is 1. The van der Waals surface area contributed by atoms with Crippen LogP contribution in [0.3, 0.4) is 0 Å². The van der Waals surface area contributed by atoms with E-state index < -0.39 is 6.10 Å². The van der Waals surface area contributed by atoms with Gasteiger partial charge in [0, 0.05) is 31.0 Å². The van der Waals surface area contributed by atoms with Gasteiger partial charge in [-0.3, -0.25) is 0 Å². The van der Waals surface area contributed by atoms with Crippen LogP contribution in [0.4, 0.5) is 10.5 Å². The van der Waals surface area contributed by atoms with Crippen LogP contribution in [-0.2, 0) is 7.05 Å². The summed E-state index contributed by atoms with van der Waals surface area (Å²) in [5, 5.41) is 16.9. The maximum absolute atomic E-state index is 12.0. The summed E-state index contributed by atoms with van der Waals surface area (Å²) < 4.78 is 2.03. The quantitative estimate of drug-likeness (QED) is 0.689. The molecule has 3 aromatic rings. The molecule has 0 radical (unpaired) electrons. The zero-order chi connectivity index (χ0) is 17.1. The number of urea groups is 1. The maximum Gasteiger partial charge on any atom is 0.319 e. The van der Waals surface area contributed by atoms with Crippen molar-refractivity contribution >= 4 is 22.6 Å². The van der Waals surface area contributed by atoms with E-state index in [1.54, 1.807) is 0 Å². The number of aliphatic hydroxyl groups excluding tert-OH is 1. The summed E-state index contributed by atoms with van der Waals surface area (Å²) in [4.78, 5) is 12.0. The van der Waals surface area contributed by atoms with Gasteiger partial charge in [0.25, 0.3) is 0 Å². The first-order valence-electron chi connectivity index (χ1n) is 7.88. The van der Waals surface area contributed by atoms with Crippen molar-refractivity contribution in [1.29, 1.82) is 0 Å².